The number of nitrogens with zero attached hydrogens (tertiary/aromatic N) is 6. The lowest BCUT2D eigenvalue weighted by atomic mass is 10.1. The molecule has 0 aliphatic carbocycles. The largest absolute Gasteiger partial charge is 0.419 e. The maximum absolute atomic E-state index is 15.3. The van der Waals surface area contributed by atoms with Crippen LogP contribution in [0.5, 0.6) is 0 Å². The quantitative estimate of drug-likeness (QED) is 0.282. The Kier molecular flexibility index (Phi) is 6.46. The minimum absolute atomic E-state index is 0.126. The number of hydrogen-bond donors (Lipinski definition) is 2. The normalized spacial score (nSPS) is 20.5. The fourth-order valence-electron chi connectivity index (χ4n) is 4.98. The molecule has 9 nitrogen and oxygen atoms in total. The lowest BCUT2D eigenvalue weighted by molar-refractivity contribution is -0.137. The number of pyridine rings is 1. The van der Waals surface area contributed by atoms with Crippen molar-refractivity contribution in [3.8, 4) is 22.5 Å². The fraction of sp³-hybridized carbons (Fsp3) is 0.346. The number of ether oxygens (including phenoxy) is 1. The Morgan fingerprint density at radius 1 is 1.00 bits per heavy atom. The van der Waals surface area contributed by atoms with E-state index < -0.39 is 23.4 Å². The summed E-state index contributed by atoms with van der Waals surface area (Å²) in [7, 11) is 0. The number of hydrogen-bond acceptors (Lipinski definition) is 8. The predicted molar refractivity (Wildman–Crippen MR) is 134 cm³/mol. The Morgan fingerprint density at radius 3 is 2.51 bits per heavy atom. The summed E-state index contributed by atoms with van der Waals surface area (Å²) in [6.45, 7) is 3.98. The van der Waals surface area contributed by atoms with E-state index in [1.807, 2.05) is 0 Å². The standard InChI is InChI=1S/C26H25F4N7O2/c27-19-12-15(1-2-17(19)23-25(39-23)36-7-5-35(6-8-36)9-10-38)21-14-32-22-4-3-20(34-37(21)22)16-11-18(26(28,29)30)24(31)33-13-16/h1-4,11-14,23,25,38H,5-10H2,(H2,31,33). The zero-order valence-corrected chi connectivity index (χ0v) is 20.6. The van der Waals surface area contributed by atoms with Crippen LogP contribution in [0.25, 0.3) is 28.2 Å². The fourth-order valence-corrected chi connectivity index (χ4v) is 4.98. The Bertz CT molecular complexity index is 1520. The van der Waals surface area contributed by atoms with Gasteiger partial charge in [0.15, 0.2) is 5.65 Å². The van der Waals surface area contributed by atoms with Gasteiger partial charge in [-0.3, -0.25) is 9.80 Å². The van der Waals surface area contributed by atoms with Crippen molar-refractivity contribution in [1.29, 1.82) is 0 Å². The summed E-state index contributed by atoms with van der Waals surface area (Å²) >= 11 is 0. The van der Waals surface area contributed by atoms with Crippen molar-refractivity contribution >= 4 is 11.5 Å². The zero-order chi connectivity index (χ0) is 27.3. The Balaban J connectivity index is 1.24. The van der Waals surface area contributed by atoms with Crippen LogP contribution < -0.4 is 5.73 Å². The van der Waals surface area contributed by atoms with Gasteiger partial charge in [-0.15, -0.1) is 0 Å². The molecule has 2 unspecified atom stereocenters. The first-order valence-electron chi connectivity index (χ1n) is 12.4. The van der Waals surface area contributed by atoms with E-state index in [4.69, 9.17) is 15.6 Å². The van der Waals surface area contributed by atoms with Crippen LogP contribution in [0.1, 0.15) is 17.2 Å². The summed E-state index contributed by atoms with van der Waals surface area (Å²) in [6.07, 6.45) is -2.45. The van der Waals surface area contributed by atoms with Crippen molar-refractivity contribution in [3.63, 3.8) is 0 Å². The summed E-state index contributed by atoms with van der Waals surface area (Å²) in [5.74, 6) is -1.04. The zero-order valence-electron chi connectivity index (χ0n) is 20.6. The average Bonchev–Trinajstić information content (AvgIpc) is 3.59. The number of rotatable bonds is 6. The monoisotopic (exact) mass is 543 g/mol. The molecule has 0 saturated carbocycles. The number of β-amino-alcohol motifs (C(OH)–C–C–N with tert-alkyl or cyclic N) is 1. The Morgan fingerprint density at radius 2 is 1.79 bits per heavy atom. The number of nitrogens with two attached hydrogens (primary N) is 1. The predicted octanol–water partition coefficient (Wildman–Crippen LogP) is 3.21. The number of imidazole rings is 1. The molecular formula is C26H25F4N7O2. The second kappa shape index (κ2) is 9.83. The molecule has 0 radical (unpaired) electrons. The molecule has 3 aromatic heterocycles. The maximum Gasteiger partial charge on any atom is 0.419 e. The van der Waals surface area contributed by atoms with Gasteiger partial charge in [-0.25, -0.2) is 18.9 Å². The van der Waals surface area contributed by atoms with Gasteiger partial charge >= 0.3 is 6.18 Å². The van der Waals surface area contributed by atoms with E-state index >= 15 is 4.39 Å². The van der Waals surface area contributed by atoms with Crippen LogP contribution in [-0.2, 0) is 10.9 Å². The third kappa shape index (κ3) is 4.93. The highest BCUT2D eigenvalue weighted by atomic mass is 19.4. The lowest BCUT2D eigenvalue weighted by Crippen LogP contribution is -2.48. The molecule has 2 atom stereocenters. The summed E-state index contributed by atoms with van der Waals surface area (Å²) in [5, 5.41) is 13.6. The van der Waals surface area contributed by atoms with Gasteiger partial charge in [0.2, 0.25) is 0 Å². The second-order valence-electron chi connectivity index (χ2n) is 9.57. The van der Waals surface area contributed by atoms with E-state index in [0.717, 1.165) is 32.2 Å². The lowest BCUT2D eigenvalue weighted by Gasteiger charge is -2.33. The van der Waals surface area contributed by atoms with Gasteiger partial charge in [0, 0.05) is 55.6 Å². The van der Waals surface area contributed by atoms with Gasteiger partial charge < -0.3 is 15.6 Å². The number of anilines is 1. The number of aromatic nitrogens is 4. The Labute approximate surface area is 220 Å². The number of aliphatic hydroxyl groups excluding tert-OH is 1. The van der Waals surface area contributed by atoms with Crippen molar-refractivity contribution in [2.24, 2.45) is 0 Å². The van der Waals surface area contributed by atoms with Gasteiger partial charge in [-0.05, 0) is 24.3 Å². The van der Waals surface area contributed by atoms with E-state index in [1.54, 1.807) is 18.2 Å². The summed E-state index contributed by atoms with van der Waals surface area (Å²) < 4.78 is 62.5. The highest BCUT2D eigenvalue weighted by Crippen LogP contribution is 2.43. The van der Waals surface area contributed by atoms with Crippen LogP contribution in [0, 0.1) is 5.82 Å². The average molecular weight is 544 g/mol. The van der Waals surface area contributed by atoms with E-state index in [1.165, 1.54) is 29.0 Å². The molecule has 3 N–H and O–H groups in total. The number of fused-ring (bicyclic) bond motifs is 1. The van der Waals surface area contributed by atoms with Crippen LogP contribution in [0.4, 0.5) is 23.4 Å². The van der Waals surface area contributed by atoms with Gasteiger partial charge in [0.25, 0.3) is 0 Å². The first-order chi connectivity index (χ1) is 18.7. The van der Waals surface area contributed by atoms with Crippen LogP contribution in [0.15, 0.2) is 48.8 Å². The minimum atomic E-state index is -4.66. The van der Waals surface area contributed by atoms with E-state index in [9.17, 15) is 13.2 Å². The molecule has 2 saturated heterocycles. The van der Waals surface area contributed by atoms with E-state index in [0.29, 0.717) is 29.0 Å². The van der Waals surface area contributed by atoms with Crippen molar-refractivity contribution < 1.29 is 27.4 Å². The second-order valence-corrected chi connectivity index (χ2v) is 9.57. The highest BCUT2D eigenvalue weighted by Gasteiger charge is 2.46. The summed E-state index contributed by atoms with van der Waals surface area (Å²) in [5.41, 5.74) is 6.63. The van der Waals surface area contributed by atoms with Crippen LogP contribution in [-0.4, -0.2) is 80.0 Å². The number of alkyl halides is 3. The van der Waals surface area contributed by atoms with Gasteiger partial charge in [-0.2, -0.15) is 18.3 Å². The summed E-state index contributed by atoms with van der Waals surface area (Å²) in [4.78, 5) is 12.3. The number of nitrogen functional groups attached to an aromatic ring is 1. The minimum Gasteiger partial charge on any atom is -0.395 e. The molecule has 2 aliphatic heterocycles. The number of halogens is 4. The molecule has 2 aliphatic rings. The number of piperazine rings is 1. The number of benzene rings is 1. The highest BCUT2D eigenvalue weighted by molar-refractivity contribution is 5.67. The van der Waals surface area contributed by atoms with Crippen LogP contribution in [0.2, 0.25) is 0 Å². The van der Waals surface area contributed by atoms with Gasteiger partial charge in [-0.1, -0.05) is 12.1 Å². The van der Waals surface area contributed by atoms with Gasteiger partial charge in [0.05, 0.1) is 29.8 Å². The van der Waals surface area contributed by atoms with E-state index in [2.05, 4.69) is 24.9 Å². The van der Waals surface area contributed by atoms with Crippen molar-refractivity contribution in [3.05, 3.63) is 65.7 Å². The molecule has 2 fully saturated rings. The molecular weight excluding hydrogens is 518 g/mol. The molecule has 5 heterocycles. The SMILES string of the molecule is Nc1ncc(-c2ccc3ncc(-c4ccc(C5OC5N5CCN(CCO)CC5)c(F)c4)n3n2)cc1C(F)(F)F. The van der Waals surface area contributed by atoms with Crippen molar-refractivity contribution in [2.75, 3.05) is 45.1 Å². The smallest absolute Gasteiger partial charge is 0.395 e. The number of aliphatic hydroxyl groups is 1. The van der Waals surface area contributed by atoms with Crippen molar-refractivity contribution in [1.82, 2.24) is 29.4 Å². The topological polar surface area (TPSA) is 108 Å². The molecule has 0 bridgehead atoms. The molecule has 0 spiro atoms. The first kappa shape index (κ1) is 25.6. The van der Waals surface area contributed by atoms with Crippen molar-refractivity contribution in [2.45, 2.75) is 18.5 Å². The third-order valence-corrected chi connectivity index (χ3v) is 7.14. The summed E-state index contributed by atoms with van der Waals surface area (Å²) in [6, 6.07) is 8.87. The molecule has 13 heteroatoms. The first-order valence-corrected chi connectivity index (χ1v) is 12.4. The molecule has 6 rings (SSSR count). The molecule has 39 heavy (non-hydrogen) atoms. The number of epoxide rings is 1. The van der Waals surface area contributed by atoms with Crippen LogP contribution >= 0.6 is 0 Å². The molecule has 1 aromatic carbocycles. The molecule has 0 amide bonds. The third-order valence-electron chi connectivity index (χ3n) is 7.14. The van der Waals surface area contributed by atoms with Crippen LogP contribution in [0.3, 0.4) is 0 Å². The Hall–Kier alpha value is -3.65. The maximum atomic E-state index is 15.3. The molecule has 4 aromatic rings. The molecule has 204 valence electrons. The van der Waals surface area contributed by atoms with E-state index in [-0.39, 0.29) is 30.2 Å². The van der Waals surface area contributed by atoms with Gasteiger partial charge in [0.1, 0.15) is 24.0 Å².